The lowest BCUT2D eigenvalue weighted by molar-refractivity contribution is 0.0523. The summed E-state index contributed by atoms with van der Waals surface area (Å²) in [5.74, 6) is 5.99. The summed E-state index contributed by atoms with van der Waals surface area (Å²) in [5.41, 5.74) is 5.52. The monoisotopic (exact) mass is 435 g/mol. The number of aliphatic hydroxyl groups excluding tert-OH is 1. The molecule has 0 saturated carbocycles. The van der Waals surface area contributed by atoms with Crippen LogP contribution in [0.4, 0.5) is 4.79 Å². The molecule has 3 rings (SSSR count). The third-order valence-electron chi connectivity index (χ3n) is 4.45. The van der Waals surface area contributed by atoms with Crippen LogP contribution in [0, 0.1) is 18.8 Å². The van der Waals surface area contributed by atoms with E-state index in [9.17, 15) is 4.79 Å². The van der Waals surface area contributed by atoms with Crippen LogP contribution in [0.5, 0.6) is 0 Å². The first-order valence-electron chi connectivity index (χ1n) is 10.9. The first kappa shape index (κ1) is 25.0. The molecule has 3 aromatic rings. The van der Waals surface area contributed by atoms with Crippen molar-refractivity contribution in [2.45, 2.75) is 60.1 Å². The van der Waals surface area contributed by atoms with E-state index in [1.54, 1.807) is 6.20 Å². The number of nitrogens with one attached hydrogen (secondary N) is 1. The molecular formula is C26H33N3O3. The predicted molar refractivity (Wildman–Crippen MR) is 128 cm³/mol. The van der Waals surface area contributed by atoms with E-state index in [1.165, 1.54) is 0 Å². The zero-order valence-electron chi connectivity index (χ0n) is 19.8. The van der Waals surface area contributed by atoms with Crippen molar-refractivity contribution in [3.05, 3.63) is 59.4 Å². The van der Waals surface area contributed by atoms with Crippen molar-refractivity contribution in [1.29, 1.82) is 0 Å². The fourth-order valence-corrected chi connectivity index (χ4v) is 3.09. The molecule has 0 bridgehead atoms. The number of aromatic nitrogens is 2. The highest BCUT2D eigenvalue weighted by atomic mass is 16.6. The smallest absolute Gasteiger partial charge is 0.407 e. The normalized spacial score (nSPS) is 10.6. The van der Waals surface area contributed by atoms with Crippen molar-refractivity contribution in [1.82, 2.24) is 14.9 Å². The third-order valence-corrected chi connectivity index (χ3v) is 4.45. The number of aryl methyl sites for hydroxylation is 1. The SMILES string of the molecule is CC.Cc1cc(-c2ccnn3cc(C#CCCO)cc23)ccc1CNC(=O)OC(C)(C)C. The fraction of sp³-hybridized carbons (Fsp3) is 0.385. The fourth-order valence-electron chi connectivity index (χ4n) is 3.09. The van der Waals surface area contributed by atoms with Crippen molar-refractivity contribution in [2.75, 3.05) is 6.61 Å². The molecule has 0 fully saturated rings. The lowest BCUT2D eigenvalue weighted by Gasteiger charge is -2.20. The Morgan fingerprint density at radius 3 is 2.62 bits per heavy atom. The summed E-state index contributed by atoms with van der Waals surface area (Å²) < 4.78 is 7.10. The van der Waals surface area contributed by atoms with Gasteiger partial charge in [0, 0.05) is 36.5 Å². The van der Waals surface area contributed by atoms with Crippen molar-refractivity contribution < 1.29 is 14.6 Å². The molecule has 170 valence electrons. The van der Waals surface area contributed by atoms with E-state index in [-0.39, 0.29) is 6.61 Å². The number of hydrogen-bond donors (Lipinski definition) is 2. The summed E-state index contributed by atoms with van der Waals surface area (Å²) in [7, 11) is 0. The Kier molecular flexibility index (Phi) is 8.86. The molecule has 32 heavy (non-hydrogen) atoms. The number of amides is 1. The van der Waals surface area contributed by atoms with Gasteiger partial charge in [0.1, 0.15) is 5.60 Å². The second-order valence-corrected chi connectivity index (χ2v) is 8.08. The second kappa shape index (κ2) is 11.4. The van der Waals surface area contributed by atoms with Gasteiger partial charge in [-0.2, -0.15) is 5.10 Å². The minimum atomic E-state index is -0.520. The van der Waals surface area contributed by atoms with E-state index in [0.29, 0.717) is 13.0 Å². The van der Waals surface area contributed by atoms with Gasteiger partial charge in [0.2, 0.25) is 0 Å². The van der Waals surface area contributed by atoms with Gasteiger partial charge in [-0.1, -0.05) is 43.9 Å². The molecule has 0 unspecified atom stereocenters. The van der Waals surface area contributed by atoms with Gasteiger partial charge in [0.05, 0.1) is 12.1 Å². The third kappa shape index (κ3) is 6.86. The van der Waals surface area contributed by atoms with E-state index < -0.39 is 11.7 Å². The van der Waals surface area contributed by atoms with E-state index in [0.717, 1.165) is 33.3 Å². The summed E-state index contributed by atoms with van der Waals surface area (Å²) >= 11 is 0. The van der Waals surface area contributed by atoms with Gasteiger partial charge in [0.15, 0.2) is 0 Å². The average Bonchev–Trinajstić information content (AvgIpc) is 3.16. The standard InChI is InChI=1S/C24H27N3O3.C2H6/c1-17-13-19(8-9-20(17)15-25-23(29)30-24(2,3)4)21-10-11-26-27-16-18(14-22(21)27)7-5-6-12-28;1-2/h8-11,13-14,16,28H,6,12,15H2,1-4H3,(H,25,29);1-2H3. The quantitative estimate of drug-likeness (QED) is 0.560. The molecule has 0 aliphatic heterocycles. The van der Waals surface area contributed by atoms with E-state index in [4.69, 9.17) is 9.84 Å². The number of aliphatic hydroxyl groups is 1. The maximum atomic E-state index is 11.9. The van der Waals surface area contributed by atoms with E-state index in [1.807, 2.05) is 76.5 Å². The van der Waals surface area contributed by atoms with Gasteiger partial charge >= 0.3 is 6.09 Å². The van der Waals surface area contributed by atoms with E-state index >= 15 is 0 Å². The summed E-state index contributed by atoms with van der Waals surface area (Å²) in [6.45, 7) is 12.0. The number of rotatable bonds is 4. The number of fused-ring (bicyclic) bond motifs is 1. The van der Waals surface area contributed by atoms with Crippen LogP contribution in [0.1, 0.15) is 57.7 Å². The van der Waals surface area contributed by atoms with Crippen LogP contribution in [0.15, 0.2) is 42.7 Å². The molecule has 6 heteroatoms. The van der Waals surface area contributed by atoms with Gasteiger partial charge in [0.25, 0.3) is 0 Å². The predicted octanol–water partition coefficient (Wildman–Crippen LogP) is 5.09. The van der Waals surface area contributed by atoms with Crippen LogP contribution in [-0.2, 0) is 11.3 Å². The van der Waals surface area contributed by atoms with Crippen LogP contribution in [0.25, 0.3) is 16.6 Å². The van der Waals surface area contributed by atoms with Crippen LogP contribution < -0.4 is 5.32 Å². The van der Waals surface area contributed by atoms with Crippen molar-refractivity contribution in [3.63, 3.8) is 0 Å². The molecule has 2 aromatic heterocycles. The molecule has 0 spiro atoms. The van der Waals surface area contributed by atoms with Gasteiger partial charge in [-0.3, -0.25) is 0 Å². The number of alkyl carbamates (subject to hydrolysis) is 1. The molecule has 0 saturated heterocycles. The minimum absolute atomic E-state index is 0.0539. The molecule has 2 N–H and O–H groups in total. The Bertz CT molecular complexity index is 1110. The first-order valence-corrected chi connectivity index (χ1v) is 10.9. The number of ether oxygens (including phenoxy) is 1. The summed E-state index contributed by atoms with van der Waals surface area (Å²) in [4.78, 5) is 11.9. The summed E-state index contributed by atoms with van der Waals surface area (Å²) in [6, 6.07) is 10.1. The minimum Gasteiger partial charge on any atom is -0.444 e. The highest BCUT2D eigenvalue weighted by molar-refractivity contribution is 5.81. The van der Waals surface area contributed by atoms with Gasteiger partial charge in [-0.05, 0) is 56.5 Å². The molecule has 0 atom stereocenters. The molecule has 0 aliphatic carbocycles. The van der Waals surface area contributed by atoms with Crippen LogP contribution >= 0.6 is 0 Å². The molecule has 2 heterocycles. The van der Waals surface area contributed by atoms with E-state index in [2.05, 4.69) is 28.3 Å². The Morgan fingerprint density at radius 2 is 1.97 bits per heavy atom. The maximum absolute atomic E-state index is 11.9. The molecule has 1 aromatic carbocycles. The molecule has 0 radical (unpaired) electrons. The van der Waals surface area contributed by atoms with Crippen molar-refractivity contribution in [2.24, 2.45) is 0 Å². The zero-order valence-corrected chi connectivity index (χ0v) is 19.8. The highest BCUT2D eigenvalue weighted by Crippen LogP contribution is 2.27. The summed E-state index contributed by atoms with van der Waals surface area (Å²) in [5, 5.41) is 16.1. The van der Waals surface area contributed by atoms with Crippen LogP contribution in [-0.4, -0.2) is 33.0 Å². The molecule has 1 amide bonds. The largest absolute Gasteiger partial charge is 0.444 e. The number of nitrogens with zero attached hydrogens (tertiary/aromatic N) is 2. The summed E-state index contributed by atoms with van der Waals surface area (Å²) in [6.07, 6.45) is 3.67. The molecule has 6 nitrogen and oxygen atoms in total. The van der Waals surface area contributed by atoms with Crippen molar-refractivity contribution >= 4 is 11.6 Å². The van der Waals surface area contributed by atoms with Gasteiger partial charge < -0.3 is 15.2 Å². The Labute approximate surface area is 190 Å². The molecular weight excluding hydrogens is 402 g/mol. The zero-order chi connectivity index (χ0) is 23.7. The highest BCUT2D eigenvalue weighted by Gasteiger charge is 2.16. The number of benzene rings is 1. The van der Waals surface area contributed by atoms with Crippen LogP contribution in [0.2, 0.25) is 0 Å². The van der Waals surface area contributed by atoms with Gasteiger partial charge in [-0.25, -0.2) is 9.31 Å². The Hall–Kier alpha value is -3.30. The average molecular weight is 436 g/mol. The topological polar surface area (TPSA) is 75.9 Å². The second-order valence-electron chi connectivity index (χ2n) is 8.08. The maximum Gasteiger partial charge on any atom is 0.407 e. The Morgan fingerprint density at radius 1 is 1.22 bits per heavy atom. The molecule has 0 aliphatic rings. The number of carbonyl (C=O) groups is 1. The lowest BCUT2D eigenvalue weighted by atomic mass is 10.00. The van der Waals surface area contributed by atoms with Gasteiger partial charge in [-0.15, -0.1) is 0 Å². The van der Waals surface area contributed by atoms with Crippen molar-refractivity contribution in [3.8, 4) is 23.0 Å². The number of carbonyl (C=O) groups excluding carboxylic acids is 1. The number of hydrogen-bond acceptors (Lipinski definition) is 4. The van der Waals surface area contributed by atoms with Crippen LogP contribution in [0.3, 0.4) is 0 Å². The Balaban J connectivity index is 0.00000176. The first-order chi connectivity index (χ1) is 15.3. The lowest BCUT2D eigenvalue weighted by Crippen LogP contribution is -2.32.